The van der Waals surface area contributed by atoms with Crippen molar-refractivity contribution >= 4 is 39.9 Å². The van der Waals surface area contributed by atoms with Crippen molar-refractivity contribution in [3.05, 3.63) is 54.7 Å². The predicted molar refractivity (Wildman–Crippen MR) is 133 cm³/mol. The van der Waals surface area contributed by atoms with Crippen LogP contribution in [0.1, 0.15) is 32.6 Å². The minimum Gasteiger partial charge on any atom is -0.406 e. The molecule has 1 spiro atoms. The van der Waals surface area contributed by atoms with E-state index in [0.717, 1.165) is 60.5 Å². The Morgan fingerprint density at radius 2 is 1.68 bits per heavy atom. The number of alkyl halides is 3. The third-order valence-corrected chi connectivity index (χ3v) is 7.60. The molecule has 2 aliphatic heterocycles. The first-order valence-electron chi connectivity index (χ1n) is 12.4. The van der Waals surface area contributed by atoms with E-state index in [0.29, 0.717) is 17.6 Å². The van der Waals surface area contributed by atoms with Gasteiger partial charge in [0.25, 0.3) is 5.91 Å². The highest BCUT2D eigenvalue weighted by Gasteiger charge is 2.71. The van der Waals surface area contributed by atoms with E-state index in [4.69, 9.17) is 0 Å². The molecule has 3 aromatic rings. The van der Waals surface area contributed by atoms with Crippen LogP contribution in [0.3, 0.4) is 0 Å². The van der Waals surface area contributed by atoms with Crippen LogP contribution >= 0.6 is 0 Å². The molecule has 10 heteroatoms. The minimum atomic E-state index is -4.83. The van der Waals surface area contributed by atoms with Crippen molar-refractivity contribution in [2.45, 2.75) is 44.5 Å². The number of amides is 3. The summed E-state index contributed by atoms with van der Waals surface area (Å²) in [5, 5.41) is 0.779. The summed E-state index contributed by atoms with van der Waals surface area (Å²) in [4.78, 5) is 37.5. The maximum atomic E-state index is 14.1. The number of anilines is 3. The molecule has 2 aromatic carbocycles. The zero-order valence-corrected chi connectivity index (χ0v) is 20.2. The number of nitrogens with zero attached hydrogens (tertiary/aromatic N) is 4. The second-order valence-corrected chi connectivity index (χ2v) is 9.89. The standard InChI is InChI=1S/C27H25F3N4O3/c1-17-15-26(17)24(35)33(18-9-11-19(12-10-18)37-27(28,29)30)25(36)34(26)23-20-7-3-4-8-21(20)31-16-22(23)32-13-5-2-6-14-32/h3-4,7-12,16-17H,2,5-6,13-15H2,1H3. The highest BCUT2D eigenvalue weighted by Crippen LogP contribution is 2.58. The van der Waals surface area contributed by atoms with Crippen LogP contribution in [-0.2, 0) is 4.79 Å². The van der Waals surface area contributed by atoms with E-state index in [-0.39, 0.29) is 17.5 Å². The molecule has 3 heterocycles. The normalized spacial score (nSPS) is 23.9. The molecule has 0 radical (unpaired) electrons. The van der Waals surface area contributed by atoms with Gasteiger partial charge in [-0.3, -0.25) is 14.7 Å². The zero-order chi connectivity index (χ0) is 25.9. The summed E-state index contributed by atoms with van der Waals surface area (Å²) in [5.41, 5.74) is 1.34. The van der Waals surface area contributed by atoms with Crippen molar-refractivity contribution in [3.8, 4) is 5.75 Å². The third kappa shape index (κ3) is 3.77. The Kier molecular flexibility index (Phi) is 5.32. The Hall–Kier alpha value is -3.82. The SMILES string of the molecule is CC1CC12C(=O)N(c1ccc(OC(F)(F)F)cc1)C(=O)N2c1c(N2CCCCC2)cnc2ccccc12. The number of piperidine rings is 1. The molecule has 1 aliphatic carbocycles. The van der Waals surface area contributed by atoms with E-state index >= 15 is 0 Å². The number of para-hydroxylation sites is 1. The average molecular weight is 511 g/mol. The van der Waals surface area contributed by atoms with Gasteiger partial charge in [-0.1, -0.05) is 25.1 Å². The monoisotopic (exact) mass is 510 g/mol. The molecule has 1 aromatic heterocycles. The van der Waals surface area contributed by atoms with Gasteiger partial charge in [-0.2, -0.15) is 0 Å². The lowest BCUT2D eigenvalue weighted by molar-refractivity contribution is -0.274. The number of halogens is 3. The van der Waals surface area contributed by atoms with Gasteiger partial charge in [0.2, 0.25) is 0 Å². The number of fused-ring (bicyclic) bond motifs is 1. The number of carbonyl (C=O) groups is 2. The van der Waals surface area contributed by atoms with Gasteiger partial charge in [0, 0.05) is 18.5 Å². The lowest BCUT2D eigenvalue weighted by Gasteiger charge is -2.34. The Labute approximate surface area is 211 Å². The molecule has 0 bridgehead atoms. The molecule has 3 amide bonds. The van der Waals surface area contributed by atoms with Gasteiger partial charge in [-0.15, -0.1) is 13.2 Å². The lowest BCUT2D eigenvalue weighted by atomic mass is 10.1. The number of ether oxygens (including phenoxy) is 1. The number of benzene rings is 2. The molecule has 7 nitrogen and oxygen atoms in total. The largest absolute Gasteiger partial charge is 0.573 e. The van der Waals surface area contributed by atoms with Crippen LogP contribution in [0.4, 0.5) is 35.0 Å². The summed E-state index contributed by atoms with van der Waals surface area (Å²) in [6.07, 6.45) is 0.639. The van der Waals surface area contributed by atoms with Gasteiger partial charge in [-0.05, 0) is 61.9 Å². The first-order chi connectivity index (χ1) is 17.7. The fourth-order valence-electron chi connectivity index (χ4n) is 5.70. The van der Waals surface area contributed by atoms with Crippen LogP contribution in [0.25, 0.3) is 10.9 Å². The molecule has 0 N–H and O–H groups in total. The van der Waals surface area contributed by atoms with Gasteiger partial charge in [0.1, 0.15) is 11.3 Å². The summed E-state index contributed by atoms with van der Waals surface area (Å²) in [7, 11) is 0. The first kappa shape index (κ1) is 23.6. The molecule has 6 rings (SSSR count). The van der Waals surface area contributed by atoms with Crippen molar-refractivity contribution < 1.29 is 27.5 Å². The number of carbonyl (C=O) groups excluding carboxylic acids is 2. The molecular weight excluding hydrogens is 485 g/mol. The van der Waals surface area contributed by atoms with Crippen molar-refractivity contribution in [1.29, 1.82) is 0 Å². The van der Waals surface area contributed by atoms with E-state index in [1.165, 1.54) is 12.1 Å². The van der Waals surface area contributed by atoms with E-state index in [9.17, 15) is 22.8 Å². The summed E-state index contributed by atoms with van der Waals surface area (Å²) in [5.74, 6) is -0.878. The number of aromatic nitrogens is 1. The number of hydrogen-bond donors (Lipinski definition) is 0. The second kappa shape index (κ2) is 8.36. The van der Waals surface area contributed by atoms with E-state index in [1.807, 2.05) is 31.2 Å². The molecule has 2 unspecified atom stereocenters. The van der Waals surface area contributed by atoms with Gasteiger partial charge in [-0.25, -0.2) is 9.69 Å². The fourth-order valence-corrected chi connectivity index (χ4v) is 5.70. The van der Waals surface area contributed by atoms with Gasteiger partial charge in [0.15, 0.2) is 0 Å². The zero-order valence-electron chi connectivity index (χ0n) is 20.2. The smallest absolute Gasteiger partial charge is 0.406 e. The third-order valence-electron chi connectivity index (χ3n) is 7.60. The minimum absolute atomic E-state index is 0.0806. The van der Waals surface area contributed by atoms with Gasteiger partial charge in [0.05, 0.1) is 28.8 Å². The quantitative estimate of drug-likeness (QED) is 0.411. The Bertz CT molecular complexity index is 1390. The lowest BCUT2D eigenvalue weighted by Crippen LogP contribution is -2.41. The molecule has 37 heavy (non-hydrogen) atoms. The molecule has 2 atom stereocenters. The number of urea groups is 1. The number of imide groups is 1. The molecule has 3 fully saturated rings. The maximum Gasteiger partial charge on any atom is 0.573 e. The highest BCUT2D eigenvalue weighted by atomic mass is 19.4. The molecule has 2 saturated heterocycles. The van der Waals surface area contributed by atoms with Crippen molar-refractivity contribution in [1.82, 2.24) is 4.98 Å². The van der Waals surface area contributed by atoms with E-state index in [1.54, 1.807) is 11.1 Å². The highest BCUT2D eigenvalue weighted by molar-refractivity contribution is 6.33. The Morgan fingerprint density at radius 3 is 2.32 bits per heavy atom. The van der Waals surface area contributed by atoms with Crippen molar-refractivity contribution in [2.24, 2.45) is 5.92 Å². The molecule has 192 valence electrons. The summed E-state index contributed by atoms with van der Waals surface area (Å²) in [6, 6.07) is 11.9. The topological polar surface area (TPSA) is 66.0 Å². The maximum absolute atomic E-state index is 14.1. The number of pyridine rings is 1. The van der Waals surface area contributed by atoms with Gasteiger partial charge >= 0.3 is 12.4 Å². The van der Waals surface area contributed by atoms with Crippen LogP contribution < -0.4 is 19.4 Å². The van der Waals surface area contributed by atoms with Gasteiger partial charge < -0.3 is 9.64 Å². The summed E-state index contributed by atoms with van der Waals surface area (Å²) >= 11 is 0. The summed E-state index contributed by atoms with van der Waals surface area (Å²) < 4.78 is 41.8. The van der Waals surface area contributed by atoms with Crippen molar-refractivity contribution in [2.75, 3.05) is 27.8 Å². The van der Waals surface area contributed by atoms with Crippen molar-refractivity contribution in [3.63, 3.8) is 0 Å². The van der Waals surface area contributed by atoms with Crippen LogP contribution in [0, 0.1) is 5.92 Å². The molecule has 3 aliphatic rings. The summed E-state index contributed by atoms with van der Waals surface area (Å²) in [6.45, 7) is 3.60. The predicted octanol–water partition coefficient (Wildman–Crippen LogP) is 5.88. The average Bonchev–Trinajstić information content (AvgIpc) is 3.50. The Morgan fingerprint density at radius 1 is 1.00 bits per heavy atom. The number of hydrogen-bond acceptors (Lipinski definition) is 5. The molecule has 1 saturated carbocycles. The number of rotatable bonds is 4. The first-order valence-corrected chi connectivity index (χ1v) is 12.4. The Balaban J connectivity index is 1.47. The second-order valence-electron chi connectivity index (χ2n) is 9.89. The van der Waals surface area contributed by atoms with Crippen LogP contribution in [-0.4, -0.2) is 41.9 Å². The fraction of sp³-hybridized carbons (Fsp3) is 0.370. The van der Waals surface area contributed by atoms with E-state index < -0.39 is 23.7 Å². The van der Waals surface area contributed by atoms with Crippen LogP contribution in [0.15, 0.2) is 54.7 Å². The van der Waals surface area contributed by atoms with Crippen LogP contribution in [0.5, 0.6) is 5.75 Å². The van der Waals surface area contributed by atoms with Crippen LogP contribution in [0.2, 0.25) is 0 Å². The molecular formula is C27H25F3N4O3. The van der Waals surface area contributed by atoms with E-state index in [2.05, 4.69) is 14.6 Å².